The van der Waals surface area contributed by atoms with Crippen LogP contribution in [0.4, 0.5) is 0 Å². The van der Waals surface area contributed by atoms with Gasteiger partial charge in [-0.3, -0.25) is 14.3 Å². The highest BCUT2D eigenvalue weighted by atomic mass is 32.2. The predicted octanol–water partition coefficient (Wildman–Crippen LogP) is 4.83. The van der Waals surface area contributed by atoms with E-state index in [2.05, 4.69) is 23.0 Å². The summed E-state index contributed by atoms with van der Waals surface area (Å²) in [4.78, 5) is 25.0. The van der Waals surface area contributed by atoms with E-state index in [1.165, 1.54) is 18.4 Å². The average molecular weight is 361 g/mol. The van der Waals surface area contributed by atoms with Crippen molar-refractivity contribution in [3.05, 3.63) is 46.9 Å². The van der Waals surface area contributed by atoms with Gasteiger partial charge in [0.1, 0.15) is 0 Å². The summed E-state index contributed by atoms with van der Waals surface area (Å²) >= 11 is 1.25. The smallest absolute Gasteiger partial charge is 0.262 e. The Bertz CT molecular complexity index is 595. The lowest BCUT2D eigenvalue weighted by Crippen LogP contribution is -2.37. The summed E-state index contributed by atoms with van der Waals surface area (Å²) in [6, 6.07) is 7.23. The molecule has 1 aromatic rings. The Balaban J connectivity index is 1.93. The molecule has 0 spiro atoms. The molecular formula is C20H28N2O2S. The molecule has 1 aromatic carbocycles. The van der Waals surface area contributed by atoms with E-state index >= 15 is 0 Å². The van der Waals surface area contributed by atoms with Gasteiger partial charge in [0.25, 0.3) is 11.8 Å². The molecule has 0 bridgehead atoms. The number of nitrogens with one attached hydrogen (secondary N) is 2. The van der Waals surface area contributed by atoms with Crippen LogP contribution in [0.2, 0.25) is 0 Å². The van der Waals surface area contributed by atoms with Crippen LogP contribution in [0.3, 0.4) is 0 Å². The summed E-state index contributed by atoms with van der Waals surface area (Å²) in [7, 11) is 0. The van der Waals surface area contributed by atoms with Crippen LogP contribution in [0.25, 0.3) is 0 Å². The molecule has 2 rings (SSSR count). The number of benzene rings is 1. The molecule has 4 nitrogen and oxygen atoms in total. The van der Waals surface area contributed by atoms with Gasteiger partial charge < -0.3 is 5.32 Å². The van der Waals surface area contributed by atoms with Gasteiger partial charge in [-0.1, -0.05) is 57.2 Å². The van der Waals surface area contributed by atoms with E-state index in [0.29, 0.717) is 11.1 Å². The molecule has 0 heterocycles. The summed E-state index contributed by atoms with van der Waals surface area (Å²) in [5, 5.41) is 4.97. The Morgan fingerprint density at radius 2 is 1.80 bits per heavy atom. The van der Waals surface area contributed by atoms with Gasteiger partial charge >= 0.3 is 0 Å². The Kier molecular flexibility index (Phi) is 8.60. The topological polar surface area (TPSA) is 58.2 Å². The van der Waals surface area contributed by atoms with Gasteiger partial charge in [-0.25, -0.2) is 0 Å². The zero-order valence-corrected chi connectivity index (χ0v) is 15.7. The fourth-order valence-electron chi connectivity index (χ4n) is 2.97. The van der Waals surface area contributed by atoms with Gasteiger partial charge in [0.05, 0.1) is 11.1 Å². The van der Waals surface area contributed by atoms with E-state index < -0.39 is 0 Å². The number of rotatable bonds is 8. The van der Waals surface area contributed by atoms with Crippen LogP contribution in [0.5, 0.6) is 0 Å². The number of unbranched alkanes of at least 4 members (excludes halogenated alkanes) is 2. The van der Waals surface area contributed by atoms with E-state index in [1.54, 1.807) is 24.3 Å². The monoisotopic (exact) mass is 360 g/mol. The molecule has 0 unspecified atom stereocenters. The molecule has 1 saturated carbocycles. The molecule has 0 aliphatic heterocycles. The molecule has 2 N–H and O–H groups in total. The highest BCUT2D eigenvalue weighted by Crippen LogP contribution is 2.18. The van der Waals surface area contributed by atoms with Crippen molar-refractivity contribution in [2.24, 2.45) is 0 Å². The molecular weight excluding hydrogens is 332 g/mol. The molecule has 1 fully saturated rings. The number of hydrogen-bond acceptors (Lipinski definition) is 3. The Morgan fingerprint density at radius 1 is 1.12 bits per heavy atom. The van der Waals surface area contributed by atoms with Gasteiger partial charge in [0.2, 0.25) is 0 Å². The third-order valence-corrected chi connectivity index (χ3v) is 5.03. The summed E-state index contributed by atoms with van der Waals surface area (Å²) in [5.74, 6) is -0.388. The molecule has 2 amide bonds. The lowest BCUT2D eigenvalue weighted by molar-refractivity contribution is 0.0911. The van der Waals surface area contributed by atoms with Crippen molar-refractivity contribution in [3.8, 4) is 0 Å². The van der Waals surface area contributed by atoms with Crippen LogP contribution in [0.1, 0.15) is 79.0 Å². The van der Waals surface area contributed by atoms with Crippen molar-refractivity contribution in [1.29, 1.82) is 0 Å². The van der Waals surface area contributed by atoms with Crippen LogP contribution in [0, 0.1) is 0 Å². The molecule has 1 aliphatic rings. The first-order chi connectivity index (χ1) is 12.2. The zero-order chi connectivity index (χ0) is 17.9. The predicted molar refractivity (Wildman–Crippen MR) is 105 cm³/mol. The van der Waals surface area contributed by atoms with Crippen LogP contribution in [0.15, 0.2) is 35.7 Å². The maximum absolute atomic E-state index is 12.6. The molecule has 1 aliphatic carbocycles. The van der Waals surface area contributed by atoms with Crippen molar-refractivity contribution < 1.29 is 9.59 Å². The number of carbonyl (C=O) groups excluding carboxylic acids is 2. The lowest BCUT2D eigenvalue weighted by atomic mass is 9.95. The lowest BCUT2D eigenvalue weighted by Gasteiger charge is -2.23. The van der Waals surface area contributed by atoms with Crippen LogP contribution < -0.4 is 10.0 Å². The molecule has 25 heavy (non-hydrogen) atoms. The maximum atomic E-state index is 12.6. The van der Waals surface area contributed by atoms with Gasteiger partial charge in [0, 0.05) is 6.04 Å². The summed E-state index contributed by atoms with van der Waals surface area (Å²) in [5.41, 5.74) is 0.867. The van der Waals surface area contributed by atoms with Crippen molar-refractivity contribution in [3.63, 3.8) is 0 Å². The highest BCUT2D eigenvalue weighted by Gasteiger charge is 2.20. The number of carbonyl (C=O) groups is 2. The minimum absolute atomic E-state index is 0.152. The Labute approximate surface area is 155 Å². The normalized spacial score (nSPS) is 15.2. The van der Waals surface area contributed by atoms with Crippen LogP contribution in [-0.2, 0) is 0 Å². The van der Waals surface area contributed by atoms with Crippen LogP contribution >= 0.6 is 11.9 Å². The number of amides is 2. The van der Waals surface area contributed by atoms with Gasteiger partial charge in [0.15, 0.2) is 0 Å². The molecule has 0 aromatic heterocycles. The molecule has 136 valence electrons. The number of allylic oxidation sites excluding steroid dienone is 1. The zero-order valence-electron chi connectivity index (χ0n) is 14.9. The molecule has 0 radical (unpaired) electrons. The third-order valence-electron chi connectivity index (χ3n) is 4.40. The van der Waals surface area contributed by atoms with Crippen molar-refractivity contribution in [2.45, 2.75) is 64.3 Å². The fraction of sp³-hybridized carbons (Fsp3) is 0.500. The first-order valence-electron chi connectivity index (χ1n) is 9.23. The second-order valence-electron chi connectivity index (χ2n) is 6.42. The summed E-state index contributed by atoms with van der Waals surface area (Å²) < 4.78 is 2.79. The van der Waals surface area contributed by atoms with E-state index in [-0.39, 0.29) is 17.9 Å². The fourth-order valence-corrected chi connectivity index (χ4v) is 3.49. The first-order valence-corrected chi connectivity index (χ1v) is 10.1. The Hall–Kier alpha value is -1.75. The van der Waals surface area contributed by atoms with E-state index in [4.69, 9.17) is 0 Å². The van der Waals surface area contributed by atoms with E-state index in [0.717, 1.165) is 44.9 Å². The standard InChI is InChI=1S/C20H28N2O2S/c1-2-3-4-10-15-25-22-20(24)18-14-9-8-13-17(18)19(23)21-16-11-6-5-7-12-16/h8-10,13-16H,2-7,11-12H2,1H3,(H,21,23)(H,22,24)/b15-10+. The second kappa shape index (κ2) is 11.0. The van der Waals surface area contributed by atoms with Gasteiger partial charge in [-0.05, 0) is 48.8 Å². The highest BCUT2D eigenvalue weighted by molar-refractivity contribution is 8.00. The largest absolute Gasteiger partial charge is 0.349 e. The SMILES string of the molecule is CCCC/C=C/SNC(=O)c1ccccc1C(=O)NC1CCCCC1. The van der Waals surface area contributed by atoms with Crippen molar-refractivity contribution >= 4 is 23.8 Å². The van der Waals surface area contributed by atoms with Gasteiger partial charge in [-0.2, -0.15) is 0 Å². The van der Waals surface area contributed by atoms with Crippen LogP contribution in [-0.4, -0.2) is 17.9 Å². The van der Waals surface area contributed by atoms with E-state index in [9.17, 15) is 9.59 Å². The molecule has 5 heteroatoms. The average Bonchev–Trinajstić information content (AvgIpc) is 2.65. The summed E-state index contributed by atoms with van der Waals surface area (Å²) in [6.07, 6.45) is 11.0. The van der Waals surface area contributed by atoms with Crippen molar-refractivity contribution in [2.75, 3.05) is 0 Å². The minimum Gasteiger partial charge on any atom is -0.349 e. The molecule has 0 atom stereocenters. The van der Waals surface area contributed by atoms with Gasteiger partial charge in [-0.15, -0.1) is 0 Å². The second-order valence-corrected chi connectivity index (χ2v) is 7.13. The minimum atomic E-state index is -0.237. The maximum Gasteiger partial charge on any atom is 0.262 e. The third kappa shape index (κ3) is 6.58. The molecule has 0 saturated heterocycles. The summed E-state index contributed by atoms with van der Waals surface area (Å²) in [6.45, 7) is 2.15. The van der Waals surface area contributed by atoms with E-state index in [1.807, 2.05) is 5.41 Å². The Morgan fingerprint density at radius 3 is 2.48 bits per heavy atom. The van der Waals surface area contributed by atoms with Crippen molar-refractivity contribution in [1.82, 2.24) is 10.0 Å². The number of hydrogen-bond donors (Lipinski definition) is 2. The first kappa shape index (κ1) is 19.6. The quantitative estimate of drug-likeness (QED) is 0.515.